The highest BCUT2D eigenvalue weighted by molar-refractivity contribution is 9.10. The third kappa shape index (κ3) is 3.16. The van der Waals surface area contributed by atoms with Gasteiger partial charge in [-0.3, -0.25) is 10.1 Å². The van der Waals surface area contributed by atoms with Crippen molar-refractivity contribution in [3.05, 3.63) is 32.8 Å². The molecule has 0 saturated carbocycles. The Bertz CT molecular complexity index is 448. The van der Waals surface area contributed by atoms with Crippen molar-refractivity contribution < 1.29 is 19.2 Å². The molecule has 0 amide bonds. The average molecular weight is 304 g/mol. The molecular formula is C10H10BrNO5. The molecular weight excluding hydrogens is 294 g/mol. The number of rotatable bonds is 4. The summed E-state index contributed by atoms with van der Waals surface area (Å²) in [6, 6.07) is 4.40. The standard InChI is InChI=1S/C10H10BrNO5/c1-6(10(13)16-2)17-9-7(11)4-3-5-8(9)12(14)15/h3-6H,1-2H3/t6-/m0/s1. The van der Waals surface area contributed by atoms with Crippen LogP contribution in [0.2, 0.25) is 0 Å². The fourth-order valence-corrected chi connectivity index (χ4v) is 1.60. The zero-order valence-electron chi connectivity index (χ0n) is 9.18. The Morgan fingerprint density at radius 1 is 1.53 bits per heavy atom. The van der Waals surface area contributed by atoms with Crippen molar-refractivity contribution in [2.24, 2.45) is 0 Å². The molecule has 0 N–H and O–H groups in total. The lowest BCUT2D eigenvalue weighted by molar-refractivity contribution is -0.386. The summed E-state index contributed by atoms with van der Waals surface area (Å²) in [5.74, 6) is -0.592. The van der Waals surface area contributed by atoms with Crippen molar-refractivity contribution in [1.29, 1.82) is 0 Å². The Labute approximate surface area is 106 Å². The lowest BCUT2D eigenvalue weighted by Crippen LogP contribution is -2.25. The molecule has 1 aromatic rings. The summed E-state index contributed by atoms with van der Waals surface area (Å²) < 4.78 is 10.1. The van der Waals surface area contributed by atoms with Gasteiger partial charge in [-0.1, -0.05) is 6.07 Å². The van der Waals surface area contributed by atoms with Crippen molar-refractivity contribution in [3.8, 4) is 5.75 Å². The largest absolute Gasteiger partial charge is 0.471 e. The molecule has 6 nitrogen and oxygen atoms in total. The second kappa shape index (κ2) is 5.62. The van der Waals surface area contributed by atoms with Gasteiger partial charge in [0.25, 0.3) is 0 Å². The first-order chi connectivity index (χ1) is 7.97. The van der Waals surface area contributed by atoms with Crippen molar-refractivity contribution in [3.63, 3.8) is 0 Å². The summed E-state index contributed by atoms with van der Waals surface area (Å²) in [5.41, 5.74) is -0.213. The van der Waals surface area contributed by atoms with Crippen LogP contribution in [-0.2, 0) is 9.53 Å². The third-order valence-electron chi connectivity index (χ3n) is 1.97. The van der Waals surface area contributed by atoms with Crippen LogP contribution in [0.5, 0.6) is 5.75 Å². The number of hydrogen-bond donors (Lipinski definition) is 0. The monoisotopic (exact) mass is 303 g/mol. The number of nitrogens with zero attached hydrogens (tertiary/aromatic N) is 1. The van der Waals surface area contributed by atoms with Crippen molar-refractivity contribution in [1.82, 2.24) is 0 Å². The third-order valence-corrected chi connectivity index (χ3v) is 2.60. The molecule has 0 unspecified atom stereocenters. The van der Waals surface area contributed by atoms with E-state index in [1.54, 1.807) is 6.07 Å². The number of methoxy groups -OCH3 is 1. The van der Waals surface area contributed by atoms with Crippen LogP contribution in [0, 0.1) is 10.1 Å². The lowest BCUT2D eigenvalue weighted by atomic mass is 10.3. The highest BCUT2D eigenvalue weighted by atomic mass is 79.9. The summed E-state index contributed by atoms with van der Waals surface area (Å²) in [7, 11) is 1.22. The molecule has 0 aliphatic heterocycles. The summed E-state index contributed by atoms with van der Waals surface area (Å²) in [6.45, 7) is 1.45. The topological polar surface area (TPSA) is 78.7 Å². The maximum atomic E-state index is 11.2. The van der Waals surface area contributed by atoms with E-state index in [-0.39, 0.29) is 11.4 Å². The zero-order valence-corrected chi connectivity index (χ0v) is 10.8. The van der Waals surface area contributed by atoms with E-state index in [9.17, 15) is 14.9 Å². The lowest BCUT2D eigenvalue weighted by Gasteiger charge is -2.13. The van der Waals surface area contributed by atoms with Crippen LogP contribution < -0.4 is 4.74 Å². The van der Waals surface area contributed by atoms with Crippen LogP contribution in [0.1, 0.15) is 6.92 Å². The SMILES string of the molecule is COC(=O)[C@H](C)Oc1c(Br)cccc1[N+](=O)[O-]. The van der Waals surface area contributed by atoms with Gasteiger partial charge in [-0.2, -0.15) is 0 Å². The van der Waals surface area contributed by atoms with E-state index in [1.165, 1.54) is 26.2 Å². The fraction of sp³-hybridized carbons (Fsp3) is 0.300. The number of nitro benzene ring substituents is 1. The predicted octanol–water partition coefficient (Wildman–Crippen LogP) is 2.30. The minimum atomic E-state index is -0.919. The first kappa shape index (κ1) is 13.4. The molecule has 7 heteroatoms. The Hall–Kier alpha value is -1.63. The minimum Gasteiger partial charge on any atom is -0.471 e. The highest BCUT2D eigenvalue weighted by Gasteiger charge is 2.23. The summed E-state index contributed by atoms with van der Waals surface area (Å²) in [4.78, 5) is 21.4. The fourth-order valence-electron chi connectivity index (χ4n) is 1.15. The van der Waals surface area contributed by atoms with E-state index in [0.29, 0.717) is 4.47 Å². The normalized spacial score (nSPS) is 11.7. The molecule has 0 aromatic heterocycles. The second-order valence-corrected chi connectivity index (χ2v) is 3.98. The van der Waals surface area contributed by atoms with Gasteiger partial charge in [-0.25, -0.2) is 4.79 Å². The quantitative estimate of drug-likeness (QED) is 0.484. The van der Waals surface area contributed by atoms with Crippen LogP contribution in [0.4, 0.5) is 5.69 Å². The summed E-state index contributed by atoms with van der Waals surface area (Å²) >= 11 is 3.13. The van der Waals surface area contributed by atoms with Crippen LogP contribution >= 0.6 is 15.9 Å². The van der Waals surface area contributed by atoms with Gasteiger partial charge in [-0.15, -0.1) is 0 Å². The number of ether oxygens (including phenoxy) is 2. The van der Waals surface area contributed by atoms with E-state index in [1.807, 2.05) is 0 Å². The van der Waals surface area contributed by atoms with Gasteiger partial charge in [0, 0.05) is 6.07 Å². The molecule has 0 radical (unpaired) electrons. The second-order valence-electron chi connectivity index (χ2n) is 3.13. The maximum absolute atomic E-state index is 11.2. The molecule has 0 saturated heterocycles. The summed E-state index contributed by atoms with van der Waals surface area (Å²) in [6.07, 6.45) is -0.919. The number of hydrogen-bond acceptors (Lipinski definition) is 5. The van der Waals surface area contributed by atoms with E-state index in [2.05, 4.69) is 20.7 Å². The number of nitro groups is 1. The van der Waals surface area contributed by atoms with Crippen LogP contribution in [0.25, 0.3) is 0 Å². The maximum Gasteiger partial charge on any atom is 0.346 e. The van der Waals surface area contributed by atoms with Crippen LogP contribution in [0.3, 0.4) is 0 Å². The highest BCUT2D eigenvalue weighted by Crippen LogP contribution is 2.35. The molecule has 0 aliphatic carbocycles. The molecule has 17 heavy (non-hydrogen) atoms. The van der Waals surface area contributed by atoms with E-state index < -0.39 is 17.0 Å². The van der Waals surface area contributed by atoms with E-state index >= 15 is 0 Å². The van der Waals surface area contributed by atoms with Crippen LogP contribution in [0.15, 0.2) is 22.7 Å². The number of benzene rings is 1. The first-order valence-corrected chi connectivity index (χ1v) is 5.44. The van der Waals surface area contributed by atoms with Gasteiger partial charge in [-0.05, 0) is 28.9 Å². The van der Waals surface area contributed by atoms with E-state index in [0.717, 1.165) is 0 Å². The molecule has 0 aliphatic rings. The van der Waals surface area contributed by atoms with Crippen molar-refractivity contribution in [2.45, 2.75) is 13.0 Å². The van der Waals surface area contributed by atoms with Gasteiger partial charge in [0.05, 0.1) is 16.5 Å². The Balaban J connectivity index is 3.05. The average Bonchev–Trinajstić information content (AvgIpc) is 2.30. The number of esters is 1. The first-order valence-electron chi connectivity index (χ1n) is 4.64. The smallest absolute Gasteiger partial charge is 0.346 e. The van der Waals surface area contributed by atoms with Gasteiger partial charge in [0.2, 0.25) is 5.75 Å². The Morgan fingerprint density at radius 2 is 2.18 bits per heavy atom. The molecule has 92 valence electrons. The van der Waals surface area contributed by atoms with Gasteiger partial charge < -0.3 is 9.47 Å². The van der Waals surface area contributed by atoms with Crippen molar-refractivity contribution in [2.75, 3.05) is 7.11 Å². The number of para-hydroxylation sites is 1. The van der Waals surface area contributed by atoms with Gasteiger partial charge >= 0.3 is 11.7 Å². The molecule has 1 rings (SSSR count). The molecule has 1 aromatic carbocycles. The van der Waals surface area contributed by atoms with E-state index in [4.69, 9.17) is 4.74 Å². The Kier molecular flexibility index (Phi) is 4.45. The number of carbonyl (C=O) groups excluding carboxylic acids is 1. The van der Waals surface area contributed by atoms with Crippen LogP contribution in [-0.4, -0.2) is 24.1 Å². The Morgan fingerprint density at radius 3 is 2.71 bits per heavy atom. The number of carbonyl (C=O) groups is 1. The summed E-state index contributed by atoms with van der Waals surface area (Å²) in [5, 5.41) is 10.8. The zero-order chi connectivity index (χ0) is 13.0. The van der Waals surface area contributed by atoms with Gasteiger partial charge in [0.1, 0.15) is 0 Å². The molecule has 0 fully saturated rings. The number of halogens is 1. The molecule has 0 bridgehead atoms. The molecule has 0 spiro atoms. The minimum absolute atomic E-state index is 0.00963. The molecule has 0 heterocycles. The molecule has 1 atom stereocenters. The van der Waals surface area contributed by atoms with Gasteiger partial charge in [0.15, 0.2) is 6.10 Å². The van der Waals surface area contributed by atoms with Crippen molar-refractivity contribution >= 4 is 27.6 Å². The predicted molar refractivity (Wildman–Crippen MR) is 62.9 cm³/mol.